The van der Waals surface area contributed by atoms with E-state index in [2.05, 4.69) is 13.0 Å². The molecule has 19 heavy (non-hydrogen) atoms. The molecule has 1 aromatic carbocycles. The van der Waals surface area contributed by atoms with Crippen molar-refractivity contribution in [2.45, 2.75) is 37.2 Å². The third-order valence-electron chi connectivity index (χ3n) is 3.41. The number of thioether (sulfide) groups is 1. The molecule has 0 radical (unpaired) electrons. The summed E-state index contributed by atoms with van der Waals surface area (Å²) in [6, 6.07) is 8.22. The van der Waals surface area contributed by atoms with Gasteiger partial charge in [-0.1, -0.05) is 18.2 Å². The Morgan fingerprint density at radius 2 is 2.26 bits per heavy atom. The molecule has 3 unspecified atom stereocenters. The second-order valence-electron chi connectivity index (χ2n) is 4.99. The largest absolute Gasteiger partial charge is 0.496 e. The monoisotopic (exact) mass is 281 g/mol. The third kappa shape index (κ3) is 3.88. The van der Waals surface area contributed by atoms with Gasteiger partial charge in [-0.25, -0.2) is 0 Å². The zero-order chi connectivity index (χ0) is 13.7. The van der Waals surface area contributed by atoms with Gasteiger partial charge in [0.05, 0.1) is 13.2 Å². The molecule has 3 atom stereocenters. The van der Waals surface area contributed by atoms with Crippen LogP contribution < -0.4 is 10.5 Å². The molecule has 106 valence electrons. The van der Waals surface area contributed by atoms with E-state index in [1.54, 1.807) is 7.11 Å². The summed E-state index contributed by atoms with van der Waals surface area (Å²) in [6.07, 6.45) is 2.74. The van der Waals surface area contributed by atoms with Crippen molar-refractivity contribution in [3.63, 3.8) is 0 Å². The van der Waals surface area contributed by atoms with Gasteiger partial charge >= 0.3 is 0 Å². The Morgan fingerprint density at radius 3 is 2.89 bits per heavy atom. The molecule has 2 N–H and O–H groups in total. The topological polar surface area (TPSA) is 44.5 Å². The Bertz CT molecular complexity index is 391. The summed E-state index contributed by atoms with van der Waals surface area (Å²) in [7, 11) is 1.71. The zero-order valence-corrected chi connectivity index (χ0v) is 12.5. The molecule has 0 aliphatic carbocycles. The second kappa shape index (κ2) is 7.17. The lowest BCUT2D eigenvalue weighted by Crippen LogP contribution is -2.24. The molecule has 1 fully saturated rings. The maximum absolute atomic E-state index is 6.16. The maximum atomic E-state index is 6.16. The van der Waals surface area contributed by atoms with Gasteiger partial charge in [-0.3, -0.25) is 0 Å². The summed E-state index contributed by atoms with van der Waals surface area (Å²) < 4.78 is 11.1. The van der Waals surface area contributed by atoms with Crippen molar-refractivity contribution in [3.05, 3.63) is 29.8 Å². The Morgan fingerprint density at radius 1 is 1.47 bits per heavy atom. The predicted molar refractivity (Wildman–Crippen MR) is 80.8 cm³/mol. The van der Waals surface area contributed by atoms with Gasteiger partial charge in [-0.15, -0.1) is 11.8 Å². The fourth-order valence-corrected chi connectivity index (χ4v) is 3.78. The van der Waals surface area contributed by atoms with Gasteiger partial charge in [-0.05, 0) is 25.8 Å². The lowest BCUT2D eigenvalue weighted by molar-refractivity contribution is 0.128. The van der Waals surface area contributed by atoms with E-state index in [0.29, 0.717) is 6.10 Å². The van der Waals surface area contributed by atoms with E-state index < -0.39 is 0 Å². The van der Waals surface area contributed by atoms with Crippen molar-refractivity contribution in [1.82, 2.24) is 0 Å². The summed E-state index contributed by atoms with van der Waals surface area (Å²) in [5.41, 5.74) is 7.34. The fraction of sp³-hybridized carbons (Fsp3) is 0.600. The first-order valence-electron chi connectivity index (χ1n) is 6.84. The van der Waals surface area contributed by atoms with Crippen LogP contribution in [0.3, 0.4) is 0 Å². The van der Waals surface area contributed by atoms with Crippen LogP contribution in [0.15, 0.2) is 24.3 Å². The summed E-state index contributed by atoms with van der Waals surface area (Å²) >= 11 is 1.88. The Kier molecular flexibility index (Phi) is 5.55. The van der Waals surface area contributed by atoms with Crippen LogP contribution in [0.1, 0.15) is 30.6 Å². The van der Waals surface area contributed by atoms with Crippen LogP contribution in [0.5, 0.6) is 5.75 Å². The first-order valence-corrected chi connectivity index (χ1v) is 7.89. The van der Waals surface area contributed by atoms with Crippen LogP contribution in [0.25, 0.3) is 0 Å². The zero-order valence-electron chi connectivity index (χ0n) is 11.7. The molecule has 1 heterocycles. The molecule has 1 aromatic rings. The van der Waals surface area contributed by atoms with E-state index in [4.69, 9.17) is 15.2 Å². The number of hydrogen-bond acceptors (Lipinski definition) is 4. The normalized spacial score (nSPS) is 22.2. The quantitative estimate of drug-likeness (QED) is 0.870. The highest BCUT2D eigenvalue weighted by atomic mass is 32.2. The van der Waals surface area contributed by atoms with Gasteiger partial charge in [0, 0.05) is 29.2 Å². The van der Waals surface area contributed by atoms with Gasteiger partial charge in [-0.2, -0.15) is 0 Å². The minimum Gasteiger partial charge on any atom is -0.496 e. The first-order chi connectivity index (χ1) is 9.22. The van der Waals surface area contributed by atoms with Crippen molar-refractivity contribution in [2.75, 3.05) is 19.5 Å². The highest BCUT2D eigenvalue weighted by Crippen LogP contribution is 2.38. The Labute approximate surface area is 119 Å². The van der Waals surface area contributed by atoms with Gasteiger partial charge in [0.1, 0.15) is 5.75 Å². The van der Waals surface area contributed by atoms with E-state index in [0.717, 1.165) is 18.1 Å². The van der Waals surface area contributed by atoms with E-state index in [-0.39, 0.29) is 11.3 Å². The highest BCUT2D eigenvalue weighted by Gasteiger charge is 2.23. The van der Waals surface area contributed by atoms with Gasteiger partial charge in [0.2, 0.25) is 0 Å². The van der Waals surface area contributed by atoms with Crippen LogP contribution in [-0.2, 0) is 4.74 Å². The molecule has 3 nitrogen and oxygen atoms in total. The van der Waals surface area contributed by atoms with Gasteiger partial charge in [0.15, 0.2) is 0 Å². The standard InChI is InChI=1S/C15H23NO2S/c1-11(16)15(19-10-12-6-5-9-18-12)13-7-3-4-8-14(13)17-2/h3-4,7-8,11-12,15H,5-6,9-10,16H2,1-2H3. The average Bonchev–Trinajstić information content (AvgIpc) is 2.92. The van der Waals surface area contributed by atoms with Crippen LogP contribution in [0.4, 0.5) is 0 Å². The Balaban J connectivity index is 2.05. The molecule has 0 amide bonds. The summed E-state index contributed by atoms with van der Waals surface area (Å²) in [5, 5.41) is 0.250. The third-order valence-corrected chi connectivity index (χ3v) is 5.02. The van der Waals surface area contributed by atoms with Crippen LogP contribution in [-0.4, -0.2) is 31.6 Å². The summed E-state index contributed by atoms with van der Waals surface area (Å²) in [4.78, 5) is 0. The number of ether oxygens (including phenoxy) is 2. The van der Waals surface area contributed by atoms with Crippen LogP contribution in [0, 0.1) is 0 Å². The lowest BCUT2D eigenvalue weighted by atomic mass is 10.1. The molecule has 0 aromatic heterocycles. The second-order valence-corrected chi connectivity index (χ2v) is 6.16. The molecule has 1 aliphatic rings. The van der Waals surface area contributed by atoms with Crippen molar-refractivity contribution < 1.29 is 9.47 Å². The number of methoxy groups -OCH3 is 1. The van der Waals surface area contributed by atoms with Crippen molar-refractivity contribution >= 4 is 11.8 Å². The van der Waals surface area contributed by atoms with E-state index in [9.17, 15) is 0 Å². The SMILES string of the molecule is COc1ccccc1C(SCC1CCCO1)C(C)N. The van der Waals surface area contributed by atoms with Crippen LogP contribution >= 0.6 is 11.8 Å². The molecule has 0 bridgehead atoms. The predicted octanol–water partition coefficient (Wildman–Crippen LogP) is 3.00. The average molecular weight is 281 g/mol. The molecule has 0 saturated carbocycles. The summed E-state index contributed by atoms with van der Waals surface area (Å²) in [5.74, 6) is 1.93. The van der Waals surface area contributed by atoms with Crippen molar-refractivity contribution in [2.24, 2.45) is 5.73 Å². The smallest absolute Gasteiger partial charge is 0.123 e. The van der Waals surface area contributed by atoms with E-state index in [1.807, 2.05) is 30.0 Å². The lowest BCUT2D eigenvalue weighted by Gasteiger charge is -2.24. The maximum Gasteiger partial charge on any atom is 0.123 e. The van der Waals surface area contributed by atoms with E-state index >= 15 is 0 Å². The molecule has 1 aliphatic heterocycles. The molecule has 1 saturated heterocycles. The summed E-state index contributed by atoms with van der Waals surface area (Å²) in [6.45, 7) is 2.96. The minimum atomic E-state index is 0.0858. The van der Waals surface area contributed by atoms with Crippen molar-refractivity contribution in [1.29, 1.82) is 0 Å². The highest BCUT2D eigenvalue weighted by molar-refractivity contribution is 7.99. The molecular weight excluding hydrogens is 258 g/mol. The fourth-order valence-electron chi connectivity index (χ4n) is 2.41. The van der Waals surface area contributed by atoms with Crippen LogP contribution in [0.2, 0.25) is 0 Å². The number of nitrogens with two attached hydrogens (primary N) is 1. The molecular formula is C15H23NO2S. The first kappa shape index (κ1) is 14.7. The minimum absolute atomic E-state index is 0.0858. The van der Waals surface area contributed by atoms with Gasteiger partial charge in [0.25, 0.3) is 0 Å². The van der Waals surface area contributed by atoms with E-state index in [1.165, 1.54) is 18.4 Å². The van der Waals surface area contributed by atoms with Gasteiger partial charge < -0.3 is 15.2 Å². The van der Waals surface area contributed by atoms with Crippen molar-refractivity contribution in [3.8, 4) is 5.75 Å². The molecule has 2 rings (SSSR count). The molecule has 4 heteroatoms. The number of rotatable bonds is 6. The number of hydrogen-bond donors (Lipinski definition) is 1. The Hall–Kier alpha value is -0.710. The number of benzene rings is 1. The number of para-hydroxylation sites is 1. The molecule has 0 spiro atoms.